The number of nitrogen functional groups attached to an aromatic ring is 1. The summed E-state index contributed by atoms with van der Waals surface area (Å²) in [7, 11) is -8.92. The number of phosphoric ester groups is 1. The second-order valence-electron chi connectivity index (χ2n) is 16.0. The Balaban J connectivity index is 0.883. The standard InChI is InChI=1S/C41H56N9O14PS/c1-2-49(28-13-12-27-23-29(39(55)64-30(27)24-28)26-14-20-48(21-15-26)18-10-22-66(59,60)61)19-9-5-6-11-32(51)43-16-7-3-4-8-17-44-41-45-33-36(46-40(42)47-37(33)54)50(41)38-35(53)34(52)31(63-38)25-62-65(56,57)58/h12-15,20-21,23-24,31,34-35,38,52-53H,2-11,16-19,22,25H2,1H3,(H7-,42,43,44,45,46,47,51,54,56,57,58,59,60,61)/p+1/t31-,34-,35-,38-/m1/s1. The fourth-order valence-corrected chi connectivity index (χ4v) is 8.52. The van der Waals surface area contributed by atoms with Gasteiger partial charge in [0.15, 0.2) is 29.8 Å². The average Bonchev–Trinajstić information content (AvgIpc) is 3.76. The quantitative estimate of drug-likeness (QED) is 0.0133. The van der Waals surface area contributed by atoms with Crippen LogP contribution in [0.25, 0.3) is 33.3 Å². The summed E-state index contributed by atoms with van der Waals surface area (Å²) < 4.78 is 61.1. The molecule has 5 aromatic rings. The van der Waals surface area contributed by atoms with Gasteiger partial charge in [0.2, 0.25) is 17.8 Å². The van der Waals surface area contributed by atoms with Crippen LogP contribution in [-0.2, 0) is 35.3 Å². The molecule has 4 aromatic heterocycles. The lowest BCUT2D eigenvalue weighted by Crippen LogP contribution is -2.33. The van der Waals surface area contributed by atoms with E-state index in [1.807, 2.05) is 25.1 Å². The Morgan fingerprint density at radius 3 is 2.44 bits per heavy atom. The maximum atomic E-state index is 13.0. The molecule has 66 heavy (non-hydrogen) atoms. The van der Waals surface area contributed by atoms with Crippen LogP contribution < -0.4 is 37.0 Å². The van der Waals surface area contributed by atoms with Gasteiger partial charge >= 0.3 is 13.4 Å². The van der Waals surface area contributed by atoms with Crippen molar-refractivity contribution in [2.24, 2.45) is 0 Å². The number of rotatable bonds is 25. The summed E-state index contributed by atoms with van der Waals surface area (Å²) in [5.74, 6) is -0.488. The van der Waals surface area contributed by atoms with Gasteiger partial charge in [-0.3, -0.25) is 28.2 Å². The number of aliphatic hydroxyl groups is 2. The smallest absolute Gasteiger partial charge is 0.422 e. The number of fused-ring (bicyclic) bond motifs is 2. The molecule has 25 heteroatoms. The number of unbranched alkanes of at least 4 members (excludes halogenated alkanes) is 5. The number of hydrogen-bond donors (Lipinski definition) is 9. The molecule has 23 nitrogen and oxygen atoms in total. The van der Waals surface area contributed by atoms with Gasteiger partial charge in [0.05, 0.1) is 17.9 Å². The third kappa shape index (κ3) is 13.6. The van der Waals surface area contributed by atoms with Crippen molar-refractivity contribution in [2.75, 3.05) is 54.5 Å². The average molecular weight is 963 g/mol. The molecule has 0 bridgehead atoms. The molecule has 5 heterocycles. The van der Waals surface area contributed by atoms with Crippen molar-refractivity contribution in [2.45, 2.75) is 95.8 Å². The van der Waals surface area contributed by atoms with Gasteiger partial charge in [0, 0.05) is 73.9 Å². The highest BCUT2D eigenvalue weighted by Gasteiger charge is 2.46. The third-order valence-corrected chi connectivity index (χ3v) is 12.4. The molecule has 6 rings (SSSR count). The van der Waals surface area contributed by atoms with Crippen LogP contribution in [-0.4, -0.2) is 115 Å². The summed E-state index contributed by atoms with van der Waals surface area (Å²) in [6, 6.07) is 11.1. The van der Waals surface area contributed by atoms with E-state index in [1.54, 1.807) is 35.2 Å². The molecule has 0 unspecified atom stereocenters. The fourth-order valence-electron chi connectivity index (χ4n) is 7.69. The number of H-pyrrole nitrogens is 1. The zero-order valence-corrected chi connectivity index (χ0v) is 38.0. The zero-order chi connectivity index (χ0) is 47.6. The minimum absolute atomic E-state index is 0.0153. The first kappa shape index (κ1) is 50.1. The molecule has 1 fully saturated rings. The van der Waals surface area contributed by atoms with Gasteiger partial charge in [0.1, 0.15) is 30.4 Å². The number of ether oxygens (including phenoxy) is 1. The highest BCUT2D eigenvalue weighted by atomic mass is 32.2. The zero-order valence-electron chi connectivity index (χ0n) is 36.3. The maximum Gasteiger partial charge on any atom is 0.469 e. The molecule has 0 aliphatic carbocycles. The summed E-state index contributed by atoms with van der Waals surface area (Å²) in [5.41, 5.74) is 6.93. The number of amides is 1. The van der Waals surface area contributed by atoms with Gasteiger partial charge < -0.3 is 50.4 Å². The Labute approximate surface area is 379 Å². The first-order chi connectivity index (χ1) is 31.4. The molecular weight excluding hydrogens is 906 g/mol. The van der Waals surface area contributed by atoms with E-state index in [0.717, 1.165) is 62.7 Å². The summed E-state index contributed by atoms with van der Waals surface area (Å²) in [6.07, 6.45) is 3.75. The number of aromatic amines is 1. The molecule has 0 spiro atoms. The molecule has 1 amide bonds. The normalized spacial score (nSPS) is 17.7. The number of anilines is 3. The lowest BCUT2D eigenvalue weighted by atomic mass is 10.1. The van der Waals surface area contributed by atoms with Gasteiger partial charge in [-0.2, -0.15) is 13.4 Å². The second kappa shape index (κ2) is 22.5. The van der Waals surface area contributed by atoms with Gasteiger partial charge in [-0.15, -0.1) is 0 Å². The summed E-state index contributed by atoms with van der Waals surface area (Å²) in [6.45, 7) is 4.13. The van der Waals surface area contributed by atoms with Crippen molar-refractivity contribution in [3.8, 4) is 11.1 Å². The lowest BCUT2D eigenvalue weighted by molar-refractivity contribution is -0.696. The summed E-state index contributed by atoms with van der Waals surface area (Å²) >= 11 is 0. The monoisotopic (exact) mass is 962 g/mol. The van der Waals surface area contributed by atoms with E-state index in [1.165, 1.54) is 4.57 Å². The topological polar surface area (TPSA) is 339 Å². The van der Waals surface area contributed by atoms with Crippen LogP contribution in [0, 0.1) is 0 Å². The van der Waals surface area contributed by atoms with E-state index in [4.69, 9.17) is 29.2 Å². The molecule has 10 N–H and O–H groups in total. The highest BCUT2D eigenvalue weighted by molar-refractivity contribution is 7.85. The lowest BCUT2D eigenvalue weighted by Gasteiger charge is -2.23. The van der Waals surface area contributed by atoms with Crippen LogP contribution in [0.3, 0.4) is 0 Å². The van der Waals surface area contributed by atoms with Gasteiger partial charge in [-0.25, -0.2) is 18.9 Å². The number of pyridine rings is 1. The minimum Gasteiger partial charge on any atom is -0.422 e. The van der Waals surface area contributed by atoms with Crippen LogP contribution >= 0.6 is 7.82 Å². The van der Waals surface area contributed by atoms with Gasteiger partial charge in [-0.05, 0) is 50.8 Å². The van der Waals surface area contributed by atoms with Crippen molar-refractivity contribution >= 4 is 63.6 Å². The van der Waals surface area contributed by atoms with Crippen molar-refractivity contribution in [3.63, 3.8) is 0 Å². The number of aromatic nitrogens is 5. The summed E-state index contributed by atoms with van der Waals surface area (Å²) in [5, 5.41) is 28.2. The maximum absolute atomic E-state index is 13.0. The van der Waals surface area contributed by atoms with E-state index < -0.39 is 60.3 Å². The minimum atomic E-state index is -4.89. The van der Waals surface area contributed by atoms with Gasteiger partial charge in [-0.1, -0.05) is 19.3 Å². The molecular formula is C41H57N9O14PS+. The van der Waals surface area contributed by atoms with Gasteiger partial charge in [0.25, 0.3) is 15.7 Å². The van der Waals surface area contributed by atoms with E-state index in [9.17, 15) is 37.6 Å². The SMILES string of the molecule is CCN(CCCCCC(=O)NCCCCCCNc1nc2c(=O)[nH]c(N)nc2n1[C@@H]1O[C@H](COP(=O)(O)O)[C@@H](O)[C@H]1O)c1ccc2cc(-c3cc[n+](CCCS(=O)(=O)O)cc3)c(=O)oc2c1. The van der Waals surface area contributed by atoms with Crippen LogP contribution in [0.1, 0.15) is 70.9 Å². The molecule has 4 atom stereocenters. The molecule has 1 aliphatic rings. The molecule has 0 saturated carbocycles. The van der Waals surface area contributed by atoms with Crippen molar-refractivity contribution in [1.82, 2.24) is 24.8 Å². The van der Waals surface area contributed by atoms with E-state index in [-0.39, 0.29) is 41.1 Å². The number of nitrogens with zero attached hydrogens (tertiary/aromatic N) is 5. The van der Waals surface area contributed by atoms with Crippen LogP contribution in [0.15, 0.2) is 62.8 Å². The number of carbonyl (C=O) groups is 1. The Bertz CT molecular complexity index is 2730. The number of imidazole rings is 1. The van der Waals surface area contributed by atoms with Crippen LogP contribution in [0.2, 0.25) is 0 Å². The Kier molecular flexibility index (Phi) is 17.1. The van der Waals surface area contributed by atoms with Crippen molar-refractivity contribution in [3.05, 3.63) is 69.6 Å². The number of nitrogens with one attached hydrogen (secondary N) is 3. The van der Waals surface area contributed by atoms with Crippen LogP contribution in [0.4, 0.5) is 17.6 Å². The Morgan fingerprint density at radius 2 is 1.73 bits per heavy atom. The molecule has 0 radical (unpaired) electrons. The number of phosphoric acid groups is 1. The fraction of sp³-hybridized carbons (Fsp3) is 0.512. The number of benzene rings is 1. The number of carbonyl (C=O) groups excluding carboxylic acids is 1. The van der Waals surface area contributed by atoms with Crippen LogP contribution in [0.5, 0.6) is 0 Å². The molecule has 1 saturated heterocycles. The number of aryl methyl sites for hydroxylation is 1. The highest BCUT2D eigenvalue weighted by Crippen LogP contribution is 2.39. The van der Waals surface area contributed by atoms with E-state index in [0.29, 0.717) is 49.2 Å². The number of nitrogens with two attached hydrogens (primary N) is 1. The predicted molar refractivity (Wildman–Crippen MR) is 242 cm³/mol. The largest absolute Gasteiger partial charge is 0.469 e. The molecule has 360 valence electrons. The molecule has 1 aliphatic heterocycles. The molecule has 1 aromatic carbocycles. The van der Waals surface area contributed by atoms with E-state index in [2.05, 4.69) is 35.0 Å². The number of aliphatic hydroxyl groups excluding tert-OH is 2. The van der Waals surface area contributed by atoms with E-state index >= 15 is 0 Å². The Hall–Kier alpha value is -5.30. The van der Waals surface area contributed by atoms with Crippen molar-refractivity contribution in [1.29, 1.82) is 0 Å². The Morgan fingerprint density at radius 1 is 1.00 bits per heavy atom. The second-order valence-corrected chi connectivity index (χ2v) is 18.8. The first-order valence-electron chi connectivity index (χ1n) is 21.7. The predicted octanol–water partition coefficient (Wildman–Crippen LogP) is 1.94. The third-order valence-electron chi connectivity index (χ3n) is 11.1. The number of hydrogen-bond acceptors (Lipinski definition) is 16. The summed E-state index contributed by atoms with van der Waals surface area (Å²) in [4.78, 5) is 69.3. The van der Waals surface area contributed by atoms with Crippen molar-refractivity contribution < 1.29 is 60.6 Å². The first-order valence-corrected chi connectivity index (χ1v) is 24.8.